The summed E-state index contributed by atoms with van der Waals surface area (Å²) in [6.07, 6.45) is 0.511. The van der Waals surface area contributed by atoms with E-state index < -0.39 is 11.7 Å². The largest absolute Gasteiger partial charge is 0.417 e. The van der Waals surface area contributed by atoms with Gasteiger partial charge in [0.05, 0.1) is 5.56 Å². The second kappa shape index (κ2) is 6.78. The van der Waals surface area contributed by atoms with Gasteiger partial charge in [-0.2, -0.15) is 13.2 Å². The first-order valence-corrected chi connectivity index (χ1v) is 7.01. The van der Waals surface area contributed by atoms with Crippen LogP contribution in [0.25, 0.3) is 0 Å². The summed E-state index contributed by atoms with van der Waals surface area (Å²) in [5.41, 5.74) is -0.775. The van der Waals surface area contributed by atoms with E-state index in [-0.39, 0.29) is 11.8 Å². The Morgan fingerprint density at radius 3 is 2.52 bits per heavy atom. The van der Waals surface area contributed by atoms with Crippen LogP contribution in [0.5, 0.6) is 0 Å². The van der Waals surface area contributed by atoms with Crippen LogP contribution in [0.1, 0.15) is 31.2 Å². The number of aromatic nitrogens is 1. The average molecular weight is 301 g/mol. The third-order valence-corrected chi connectivity index (χ3v) is 3.55. The van der Waals surface area contributed by atoms with Crippen molar-refractivity contribution in [1.82, 2.24) is 10.3 Å². The van der Waals surface area contributed by atoms with E-state index in [1.807, 2.05) is 0 Å². The molecule has 1 aliphatic carbocycles. The molecule has 0 atom stereocenters. The number of halogens is 3. The molecule has 0 aliphatic heterocycles. The van der Waals surface area contributed by atoms with Crippen LogP contribution in [-0.2, 0) is 11.0 Å². The molecule has 2 rings (SSSR count). The van der Waals surface area contributed by atoms with Gasteiger partial charge in [-0.15, -0.1) is 0 Å². The number of amides is 1. The van der Waals surface area contributed by atoms with E-state index in [1.165, 1.54) is 6.07 Å². The molecular formula is C14H18F3N3O. The van der Waals surface area contributed by atoms with Crippen LogP contribution in [-0.4, -0.2) is 24.0 Å². The molecule has 1 aromatic rings. The number of anilines is 1. The monoisotopic (exact) mass is 301 g/mol. The fourth-order valence-corrected chi connectivity index (χ4v) is 2.37. The maximum absolute atomic E-state index is 12.4. The summed E-state index contributed by atoms with van der Waals surface area (Å²) in [7, 11) is 0. The summed E-state index contributed by atoms with van der Waals surface area (Å²) in [5, 5.41) is 5.70. The third-order valence-electron chi connectivity index (χ3n) is 3.55. The quantitative estimate of drug-likeness (QED) is 0.822. The normalized spacial score (nSPS) is 16.0. The van der Waals surface area contributed by atoms with Crippen LogP contribution in [0.15, 0.2) is 18.3 Å². The number of nitrogens with zero attached hydrogens (tertiary/aromatic N) is 1. The van der Waals surface area contributed by atoms with E-state index in [9.17, 15) is 18.0 Å². The van der Waals surface area contributed by atoms with Gasteiger partial charge in [0, 0.05) is 25.2 Å². The third kappa shape index (κ3) is 4.61. The molecule has 7 heteroatoms. The highest BCUT2D eigenvalue weighted by Gasteiger charge is 2.30. The lowest BCUT2D eigenvalue weighted by atomic mass is 10.1. The van der Waals surface area contributed by atoms with Crippen LogP contribution in [0.3, 0.4) is 0 Å². The Labute approximate surface area is 121 Å². The molecule has 1 fully saturated rings. The van der Waals surface area contributed by atoms with E-state index >= 15 is 0 Å². The minimum atomic E-state index is -4.37. The standard InChI is InChI=1S/C14H18F3N3O/c15-14(16,17)11-5-6-12(20-9-11)18-7-8-19-13(21)10-3-1-2-4-10/h5-6,9-10H,1-4,7-8H2,(H,18,20)(H,19,21). The second-order valence-corrected chi connectivity index (χ2v) is 5.13. The van der Waals surface area contributed by atoms with Crippen molar-refractivity contribution >= 4 is 11.7 Å². The number of carbonyl (C=O) groups excluding carboxylic acids is 1. The summed E-state index contributed by atoms with van der Waals surface area (Å²) in [6.45, 7) is 0.856. The van der Waals surface area contributed by atoms with Crippen LogP contribution in [0.2, 0.25) is 0 Å². The summed E-state index contributed by atoms with van der Waals surface area (Å²) >= 11 is 0. The molecule has 1 aliphatic rings. The van der Waals surface area contributed by atoms with Crippen molar-refractivity contribution in [2.75, 3.05) is 18.4 Å². The summed E-state index contributed by atoms with van der Waals surface area (Å²) < 4.78 is 37.1. The molecule has 1 heterocycles. The van der Waals surface area contributed by atoms with Crippen LogP contribution in [0, 0.1) is 5.92 Å². The molecule has 0 aromatic carbocycles. The van der Waals surface area contributed by atoms with Gasteiger partial charge in [-0.25, -0.2) is 4.98 Å². The van der Waals surface area contributed by atoms with Gasteiger partial charge >= 0.3 is 6.18 Å². The minimum Gasteiger partial charge on any atom is -0.368 e. The van der Waals surface area contributed by atoms with Crippen molar-refractivity contribution in [2.45, 2.75) is 31.9 Å². The zero-order valence-electron chi connectivity index (χ0n) is 11.5. The first-order chi connectivity index (χ1) is 9.97. The number of rotatable bonds is 5. The number of nitrogens with one attached hydrogen (secondary N) is 2. The second-order valence-electron chi connectivity index (χ2n) is 5.13. The molecule has 4 nitrogen and oxygen atoms in total. The number of hydrogen-bond donors (Lipinski definition) is 2. The Kier molecular flexibility index (Phi) is 5.03. The highest BCUT2D eigenvalue weighted by atomic mass is 19.4. The lowest BCUT2D eigenvalue weighted by Crippen LogP contribution is -2.33. The predicted molar refractivity (Wildman–Crippen MR) is 72.7 cm³/mol. The predicted octanol–water partition coefficient (Wildman–Crippen LogP) is 2.82. The van der Waals surface area contributed by atoms with Gasteiger partial charge in [0.15, 0.2) is 0 Å². The molecule has 0 spiro atoms. The molecular weight excluding hydrogens is 283 g/mol. The lowest BCUT2D eigenvalue weighted by Gasteiger charge is -2.11. The number of alkyl halides is 3. The molecule has 1 amide bonds. The number of hydrogen-bond acceptors (Lipinski definition) is 3. The highest BCUT2D eigenvalue weighted by Crippen LogP contribution is 2.28. The van der Waals surface area contributed by atoms with Gasteiger partial charge in [-0.1, -0.05) is 12.8 Å². The topological polar surface area (TPSA) is 54.0 Å². The molecule has 2 N–H and O–H groups in total. The molecule has 1 aromatic heterocycles. The van der Waals surface area contributed by atoms with Gasteiger partial charge in [0.1, 0.15) is 5.82 Å². The molecule has 1 saturated carbocycles. The number of carbonyl (C=O) groups is 1. The SMILES string of the molecule is O=C(NCCNc1ccc(C(F)(F)F)cn1)C1CCCC1. The van der Waals surface area contributed by atoms with Crippen molar-refractivity contribution in [3.63, 3.8) is 0 Å². The smallest absolute Gasteiger partial charge is 0.368 e. The molecule has 0 saturated heterocycles. The highest BCUT2D eigenvalue weighted by molar-refractivity contribution is 5.78. The average Bonchev–Trinajstić information content (AvgIpc) is 2.97. The molecule has 0 unspecified atom stereocenters. The zero-order valence-corrected chi connectivity index (χ0v) is 11.5. The van der Waals surface area contributed by atoms with Crippen LogP contribution in [0.4, 0.5) is 19.0 Å². The minimum absolute atomic E-state index is 0.0645. The maximum atomic E-state index is 12.4. The Bertz CT molecular complexity index is 467. The van der Waals surface area contributed by atoms with Gasteiger partial charge in [-0.05, 0) is 25.0 Å². The van der Waals surface area contributed by atoms with Crippen LogP contribution >= 0.6 is 0 Å². The van der Waals surface area contributed by atoms with Gasteiger partial charge < -0.3 is 10.6 Å². The van der Waals surface area contributed by atoms with E-state index in [1.54, 1.807) is 0 Å². The van der Waals surface area contributed by atoms with Crippen molar-refractivity contribution in [1.29, 1.82) is 0 Å². The van der Waals surface area contributed by atoms with Crippen molar-refractivity contribution in [3.05, 3.63) is 23.9 Å². The van der Waals surface area contributed by atoms with Crippen molar-refractivity contribution < 1.29 is 18.0 Å². The Hall–Kier alpha value is -1.79. The Balaban J connectivity index is 1.70. The van der Waals surface area contributed by atoms with Crippen molar-refractivity contribution in [3.8, 4) is 0 Å². The van der Waals surface area contributed by atoms with E-state index in [4.69, 9.17) is 0 Å². The molecule has 116 valence electrons. The van der Waals surface area contributed by atoms with Gasteiger partial charge in [-0.3, -0.25) is 4.79 Å². The van der Waals surface area contributed by atoms with Crippen LogP contribution < -0.4 is 10.6 Å². The first-order valence-electron chi connectivity index (χ1n) is 7.01. The number of pyridine rings is 1. The molecule has 21 heavy (non-hydrogen) atoms. The lowest BCUT2D eigenvalue weighted by molar-refractivity contribution is -0.137. The molecule has 0 radical (unpaired) electrons. The Morgan fingerprint density at radius 2 is 1.95 bits per heavy atom. The molecule has 0 bridgehead atoms. The zero-order chi connectivity index (χ0) is 15.3. The van der Waals surface area contributed by atoms with E-state index in [2.05, 4.69) is 15.6 Å². The summed E-state index contributed by atoms with van der Waals surface area (Å²) in [4.78, 5) is 15.4. The van der Waals surface area contributed by atoms with Gasteiger partial charge in [0.2, 0.25) is 5.91 Å². The fourth-order valence-electron chi connectivity index (χ4n) is 2.37. The van der Waals surface area contributed by atoms with E-state index in [0.717, 1.165) is 37.9 Å². The maximum Gasteiger partial charge on any atom is 0.417 e. The van der Waals surface area contributed by atoms with Gasteiger partial charge in [0.25, 0.3) is 0 Å². The Morgan fingerprint density at radius 1 is 1.24 bits per heavy atom. The summed E-state index contributed by atoms with van der Waals surface area (Å²) in [6, 6.07) is 2.26. The fraction of sp³-hybridized carbons (Fsp3) is 0.571. The summed E-state index contributed by atoms with van der Waals surface area (Å²) in [5.74, 6) is 0.544. The van der Waals surface area contributed by atoms with Crippen molar-refractivity contribution in [2.24, 2.45) is 5.92 Å². The first kappa shape index (κ1) is 15.6. The van der Waals surface area contributed by atoms with E-state index in [0.29, 0.717) is 18.9 Å².